The number of carbonyl (C=O) groups is 1. The Balaban J connectivity index is 1.76. The van der Waals surface area contributed by atoms with Gasteiger partial charge in [-0.25, -0.2) is 4.79 Å². The van der Waals surface area contributed by atoms with Gasteiger partial charge in [-0.3, -0.25) is 0 Å². The molecule has 0 aliphatic heterocycles. The maximum Gasteiger partial charge on any atom is 0.330 e. The summed E-state index contributed by atoms with van der Waals surface area (Å²) < 4.78 is 16.5. The predicted octanol–water partition coefficient (Wildman–Crippen LogP) is 5.03. The average molecular weight is 374 g/mol. The third-order valence-corrected chi connectivity index (χ3v) is 4.01. The summed E-state index contributed by atoms with van der Waals surface area (Å²) in [7, 11) is 1.35. The Morgan fingerprint density at radius 2 is 1.29 bits per heavy atom. The molecule has 0 radical (unpaired) electrons. The molecule has 0 atom stereocenters. The number of esters is 1. The monoisotopic (exact) mass is 374 g/mol. The third-order valence-electron chi connectivity index (χ3n) is 4.01. The van der Waals surface area contributed by atoms with Gasteiger partial charge in [0, 0.05) is 12.1 Å². The largest absolute Gasteiger partial charge is 0.489 e. The highest BCUT2D eigenvalue weighted by Crippen LogP contribution is 2.25. The molecule has 142 valence electrons. The predicted molar refractivity (Wildman–Crippen MR) is 109 cm³/mol. The Bertz CT molecular complexity index is 856. The smallest absolute Gasteiger partial charge is 0.330 e. The number of ether oxygens (including phenoxy) is 3. The highest BCUT2D eigenvalue weighted by Gasteiger charge is 2.04. The van der Waals surface area contributed by atoms with E-state index in [4.69, 9.17) is 9.47 Å². The number of hydrogen-bond acceptors (Lipinski definition) is 4. The van der Waals surface area contributed by atoms with Crippen molar-refractivity contribution < 1.29 is 19.0 Å². The lowest BCUT2D eigenvalue weighted by atomic mass is 10.1. The minimum absolute atomic E-state index is 0.414. The molecule has 0 fully saturated rings. The van der Waals surface area contributed by atoms with E-state index >= 15 is 0 Å². The number of rotatable bonds is 8. The zero-order valence-corrected chi connectivity index (χ0v) is 15.7. The Labute approximate surface area is 165 Å². The van der Waals surface area contributed by atoms with Crippen LogP contribution in [0.25, 0.3) is 6.08 Å². The van der Waals surface area contributed by atoms with Crippen molar-refractivity contribution in [1.82, 2.24) is 0 Å². The second-order valence-electron chi connectivity index (χ2n) is 6.14. The Morgan fingerprint density at radius 1 is 0.786 bits per heavy atom. The van der Waals surface area contributed by atoms with Gasteiger partial charge >= 0.3 is 5.97 Å². The minimum Gasteiger partial charge on any atom is -0.489 e. The minimum atomic E-state index is -0.414. The summed E-state index contributed by atoms with van der Waals surface area (Å²) in [5.74, 6) is 0.917. The quantitative estimate of drug-likeness (QED) is 0.410. The molecule has 0 aliphatic carbocycles. The van der Waals surface area contributed by atoms with Crippen molar-refractivity contribution in [2.24, 2.45) is 0 Å². The van der Waals surface area contributed by atoms with E-state index in [0.29, 0.717) is 24.7 Å². The van der Waals surface area contributed by atoms with E-state index in [1.807, 2.05) is 78.9 Å². The molecule has 0 spiro atoms. The van der Waals surface area contributed by atoms with Crippen LogP contribution in [0.1, 0.15) is 16.7 Å². The van der Waals surface area contributed by atoms with E-state index in [1.165, 1.54) is 13.2 Å². The van der Waals surface area contributed by atoms with Crippen molar-refractivity contribution in [2.75, 3.05) is 7.11 Å². The van der Waals surface area contributed by atoms with Crippen molar-refractivity contribution >= 4 is 12.0 Å². The van der Waals surface area contributed by atoms with Crippen LogP contribution >= 0.6 is 0 Å². The fraction of sp³-hybridized carbons (Fsp3) is 0.125. The standard InChI is InChI=1S/C24H22O4/c1-26-24(25)13-12-21-14-22(27-17-19-8-4-2-5-9-19)16-23(15-21)28-18-20-10-6-3-7-11-20/h2-16H,17-18H2,1H3/b13-12+. The van der Waals surface area contributed by atoms with E-state index in [-0.39, 0.29) is 0 Å². The van der Waals surface area contributed by atoms with E-state index in [9.17, 15) is 4.79 Å². The molecule has 0 N–H and O–H groups in total. The molecule has 4 heteroatoms. The van der Waals surface area contributed by atoms with Crippen LogP contribution in [0.5, 0.6) is 11.5 Å². The van der Waals surface area contributed by atoms with Gasteiger partial charge in [0.1, 0.15) is 24.7 Å². The van der Waals surface area contributed by atoms with Gasteiger partial charge in [0.2, 0.25) is 0 Å². The second kappa shape index (κ2) is 9.97. The van der Waals surface area contributed by atoms with Gasteiger partial charge in [-0.05, 0) is 34.9 Å². The first-order chi connectivity index (χ1) is 13.7. The van der Waals surface area contributed by atoms with Crippen molar-refractivity contribution in [1.29, 1.82) is 0 Å². The zero-order valence-electron chi connectivity index (χ0n) is 15.7. The fourth-order valence-electron chi connectivity index (χ4n) is 2.57. The van der Waals surface area contributed by atoms with Crippen molar-refractivity contribution in [3.63, 3.8) is 0 Å². The molecule has 0 saturated heterocycles. The number of methoxy groups -OCH3 is 1. The molecule has 0 aromatic heterocycles. The summed E-state index contributed by atoms with van der Waals surface area (Å²) >= 11 is 0. The van der Waals surface area contributed by atoms with Crippen LogP contribution in [0.3, 0.4) is 0 Å². The van der Waals surface area contributed by atoms with Crippen molar-refractivity contribution in [2.45, 2.75) is 13.2 Å². The van der Waals surface area contributed by atoms with Gasteiger partial charge in [0.15, 0.2) is 0 Å². The molecule has 0 amide bonds. The summed E-state index contributed by atoms with van der Waals surface area (Å²) in [5.41, 5.74) is 2.94. The van der Waals surface area contributed by atoms with Crippen LogP contribution in [0, 0.1) is 0 Å². The summed E-state index contributed by atoms with van der Waals surface area (Å²) in [6.45, 7) is 0.895. The van der Waals surface area contributed by atoms with Gasteiger partial charge in [-0.15, -0.1) is 0 Å². The van der Waals surface area contributed by atoms with E-state index in [2.05, 4.69) is 4.74 Å². The number of hydrogen-bond donors (Lipinski definition) is 0. The Morgan fingerprint density at radius 3 is 1.75 bits per heavy atom. The average Bonchev–Trinajstić information content (AvgIpc) is 2.76. The van der Waals surface area contributed by atoms with E-state index < -0.39 is 5.97 Å². The summed E-state index contributed by atoms with van der Waals surface area (Å²) in [6, 6.07) is 25.4. The normalized spacial score (nSPS) is 10.6. The molecule has 0 heterocycles. The maximum atomic E-state index is 11.4. The Kier molecular flexibility index (Phi) is 6.85. The lowest BCUT2D eigenvalue weighted by molar-refractivity contribution is -0.134. The van der Waals surface area contributed by atoms with Gasteiger partial charge in [0.25, 0.3) is 0 Å². The summed E-state index contributed by atoms with van der Waals surface area (Å²) in [4.78, 5) is 11.4. The molecule has 4 nitrogen and oxygen atoms in total. The van der Waals surface area contributed by atoms with Crippen LogP contribution in [0.15, 0.2) is 84.9 Å². The van der Waals surface area contributed by atoms with Gasteiger partial charge in [-0.1, -0.05) is 60.7 Å². The molecule has 0 aliphatic rings. The van der Waals surface area contributed by atoms with Gasteiger partial charge in [-0.2, -0.15) is 0 Å². The maximum absolute atomic E-state index is 11.4. The highest BCUT2D eigenvalue weighted by atomic mass is 16.5. The molecule has 0 saturated carbocycles. The third kappa shape index (κ3) is 6.02. The topological polar surface area (TPSA) is 44.8 Å². The fourth-order valence-corrected chi connectivity index (χ4v) is 2.57. The zero-order chi connectivity index (χ0) is 19.6. The van der Waals surface area contributed by atoms with Gasteiger partial charge in [0.05, 0.1) is 7.11 Å². The van der Waals surface area contributed by atoms with Crippen LogP contribution in [-0.4, -0.2) is 13.1 Å². The SMILES string of the molecule is COC(=O)/C=C/c1cc(OCc2ccccc2)cc(OCc2ccccc2)c1. The molecular weight excluding hydrogens is 352 g/mol. The van der Waals surface area contributed by atoms with Crippen LogP contribution in [0.4, 0.5) is 0 Å². The highest BCUT2D eigenvalue weighted by molar-refractivity contribution is 5.87. The summed E-state index contributed by atoms with van der Waals surface area (Å²) in [5, 5.41) is 0. The van der Waals surface area contributed by atoms with Crippen LogP contribution in [0.2, 0.25) is 0 Å². The first-order valence-corrected chi connectivity index (χ1v) is 8.97. The molecule has 3 aromatic carbocycles. The lowest BCUT2D eigenvalue weighted by Gasteiger charge is -2.12. The first-order valence-electron chi connectivity index (χ1n) is 8.97. The van der Waals surface area contributed by atoms with Crippen LogP contribution in [-0.2, 0) is 22.7 Å². The molecule has 3 aromatic rings. The molecule has 0 unspecified atom stereocenters. The van der Waals surface area contributed by atoms with Gasteiger partial charge < -0.3 is 14.2 Å². The lowest BCUT2D eigenvalue weighted by Crippen LogP contribution is -1.99. The van der Waals surface area contributed by atoms with E-state index in [1.54, 1.807) is 6.08 Å². The molecular formula is C24H22O4. The molecule has 0 bridgehead atoms. The Hall–Kier alpha value is -3.53. The summed E-state index contributed by atoms with van der Waals surface area (Å²) in [6.07, 6.45) is 3.05. The van der Waals surface area contributed by atoms with Crippen LogP contribution < -0.4 is 9.47 Å². The second-order valence-corrected chi connectivity index (χ2v) is 6.14. The molecule has 28 heavy (non-hydrogen) atoms. The first kappa shape index (κ1) is 19.2. The van der Waals surface area contributed by atoms with E-state index in [0.717, 1.165) is 16.7 Å². The molecule has 3 rings (SSSR count). The van der Waals surface area contributed by atoms with Crippen molar-refractivity contribution in [3.8, 4) is 11.5 Å². The number of carbonyl (C=O) groups excluding carboxylic acids is 1. The number of benzene rings is 3. The van der Waals surface area contributed by atoms with Crippen molar-refractivity contribution in [3.05, 3.63) is 102 Å².